The van der Waals surface area contributed by atoms with Crippen molar-refractivity contribution in [3.05, 3.63) is 18.0 Å². The molecule has 104 valence electrons. The zero-order valence-corrected chi connectivity index (χ0v) is 11.9. The standard InChI is InChI=1S/C16H25N3/c1-2-17-15(14-9-18-19-10-14)16-6-11-3-12(7-16)5-13(4-11)8-16/h9-13,15,17H,2-8H2,1H3,(H,18,19). The van der Waals surface area contributed by atoms with Crippen LogP contribution in [0.5, 0.6) is 0 Å². The summed E-state index contributed by atoms with van der Waals surface area (Å²) < 4.78 is 0. The maximum atomic E-state index is 4.19. The summed E-state index contributed by atoms with van der Waals surface area (Å²) in [5.41, 5.74) is 1.90. The largest absolute Gasteiger partial charge is 0.310 e. The molecule has 4 fully saturated rings. The van der Waals surface area contributed by atoms with Crippen LogP contribution in [0.25, 0.3) is 0 Å². The van der Waals surface area contributed by atoms with Crippen LogP contribution in [0.2, 0.25) is 0 Å². The molecule has 1 heterocycles. The molecule has 0 radical (unpaired) electrons. The van der Waals surface area contributed by atoms with Gasteiger partial charge in [-0.2, -0.15) is 5.10 Å². The van der Waals surface area contributed by atoms with Gasteiger partial charge in [0.15, 0.2) is 0 Å². The van der Waals surface area contributed by atoms with Crippen molar-refractivity contribution in [3.8, 4) is 0 Å². The second kappa shape index (κ2) is 4.34. The third kappa shape index (κ3) is 1.85. The van der Waals surface area contributed by atoms with Crippen molar-refractivity contribution in [3.63, 3.8) is 0 Å². The number of nitrogens with zero attached hydrogens (tertiary/aromatic N) is 1. The van der Waals surface area contributed by atoms with E-state index in [1.807, 2.05) is 6.20 Å². The molecule has 0 aromatic carbocycles. The molecule has 3 heteroatoms. The first-order valence-electron chi connectivity index (χ1n) is 8.01. The fraction of sp³-hybridized carbons (Fsp3) is 0.812. The van der Waals surface area contributed by atoms with Crippen molar-refractivity contribution in [1.29, 1.82) is 0 Å². The Bertz CT molecular complexity index is 402. The molecule has 1 atom stereocenters. The van der Waals surface area contributed by atoms with Gasteiger partial charge in [0.1, 0.15) is 0 Å². The first kappa shape index (κ1) is 12.0. The predicted molar refractivity (Wildman–Crippen MR) is 75.6 cm³/mol. The van der Waals surface area contributed by atoms with Crippen LogP contribution in [0.15, 0.2) is 12.4 Å². The predicted octanol–water partition coefficient (Wildman–Crippen LogP) is 3.28. The van der Waals surface area contributed by atoms with Crippen molar-refractivity contribution < 1.29 is 0 Å². The normalized spacial score (nSPS) is 41.6. The Morgan fingerprint density at radius 3 is 2.37 bits per heavy atom. The van der Waals surface area contributed by atoms with Crippen LogP contribution in [-0.4, -0.2) is 16.7 Å². The third-order valence-corrected chi connectivity index (χ3v) is 5.96. The van der Waals surface area contributed by atoms with Gasteiger partial charge in [-0.1, -0.05) is 6.92 Å². The van der Waals surface area contributed by atoms with Gasteiger partial charge in [-0.15, -0.1) is 0 Å². The Morgan fingerprint density at radius 2 is 1.89 bits per heavy atom. The monoisotopic (exact) mass is 259 g/mol. The van der Waals surface area contributed by atoms with E-state index < -0.39 is 0 Å². The Hall–Kier alpha value is -0.830. The van der Waals surface area contributed by atoms with Gasteiger partial charge in [0.05, 0.1) is 6.20 Å². The lowest BCUT2D eigenvalue weighted by atomic mass is 9.47. The van der Waals surface area contributed by atoms with E-state index in [0.717, 1.165) is 24.3 Å². The highest BCUT2D eigenvalue weighted by atomic mass is 15.1. The lowest BCUT2D eigenvalue weighted by Gasteiger charge is -2.59. The minimum atomic E-state index is 0.518. The summed E-state index contributed by atoms with van der Waals surface area (Å²) >= 11 is 0. The van der Waals surface area contributed by atoms with Gasteiger partial charge in [-0.25, -0.2) is 0 Å². The molecular formula is C16H25N3. The molecule has 4 saturated carbocycles. The van der Waals surface area contributed by atoms with Crippen molar-refractivity contribution >= 4 is 0 Å². The molecule has 19 heavy (non-hydrogen) atoms. The SMILES string of the molecule is CCNC(c1cn[nH]c1)C12CC3CC(CC(C3)C1)C2. The number of rotatable bonds is 4. The molecule has 0 saturated heterocycles. The molecule has 0 amide bonds. The highest BCUT2D eigenvalue weighted by Gasteiger charge is 2.54. The van der Waals surface area contributed by atoms with Crippen molar-refractivity contribution in [2.24, 2.45) is 23.2 Å². The molecule has 0 aliphatic heterocycles. The molecule has 5 rings (SSSR count). The van der Waals surface area contributed by atoms with Crippen molar-refractivity contribution in [2.75, 3.05) is 6.54 Å². The number of H-pyrrole nitrogens is 1. The summed E-state index contributed by atoms with van der Waals surface area (Å²) in [5, 5.41) is 11.0. The maximum absolute atomic E-state index is 4.19. The van der Waals surface area contributed by atoms with Crippen LogP contribution in [0.3, 0.4) is 0 Å². The van der Waals surface area contributed by atoms with Crippen LogP contribution in [0.4, 0.5) is 0 Å². The van der Waals surface area contributed by atoms with E-state index >= 15 is 0 Å². The van der Waals surface area contributed by atoms with E-state index in [9.17, 15) is 0 Å². The van der Waals surface area contributed by atoms with Crippen LogP contribution < -0.4 is 5.32 Å². The van der Waals surface area contributed by atoms with Gasteiger partial charge in [0.2, 0.25) is 0 Å². The molecule has 1 aromatic rings. The summed E-state index contributed by atoms with van der Waals surface area (Å²) in [7, 11) is 0. The molecule has 4 bridgehead atoms. The first-order valence-corrected chi connectivity index (χ1v) is 8.01. The van der Waals surface area contributed by atoms with E-state index in [1.165, 1.54) is 44.1 Å². The fourth-order valence-corrected chi connectivity index (χ4v) is 5.84. The second-order valence-electron chi connectivity index (χ2n) is 7.30. The number of aromatic nitrogens is 2. The number of nitrogens with one attached hydrogen (secondary N) is 2. The third-order valence-electron chi connectivity index (χ3n) is 5.96. The minimum Gasteiger partial charge on any atom is -0.310 e. The van der Waals surface area contributed by atoms with Gasteiger partial charge >= 0.3 is 0 Å². The molecule has 0 spiro atoms. The zero-order valence-electron chi connectivity index (χ0n) is 11.9. The Morgan fingerprint density at radius 1 is 1.26 bits per heavy atom. The minimum absolute atomic E-state index is 0.518. The first-order chi connectivity index (χ1) is 9.29. The molecule has 3 nitrogen and oxygen atoms in total. The Balaban J connectivity index is 1.68. The maximum Gasteiger partial charge on any atom is 0.0535 e. The molecule has 2 N–H and O–H groups in total. The lowest BCUT2D eigenvalue weighted by molar-refractivity contribution is -0.0746. The van der Waals surface area contributed by atoms with Gasteiger partial charge in [0, 0.05) is 17.8 Å². The number of aromatic amines is 1. The van der Waals surface area contributed by atoms with E-state index in [4.69, 9.17) is 0 Å². The van der Waals surface area contributed by atoms with E-state index in [2.05, 4.69) is 28.6 Å². The molecule has 4 aliphatic rings. The lowest BCUT2D eigenvalue weighted by Crippen LogP contribution is -2.51. The van der Waals surface area contributed by atoms with Gasteiger partial charge in [0.25, 0.3) is 0 Å². The quantitative estimate of drug-likeness (QED) is 0.871. The average Bonchev–Trinajstić information content (AvgIpc) is 2.87. The van der Waals surface area contributed by atoms with E-state index in [-0.39, 0.29) is 0 Å². The van der Waals surface area contributed by atoms with E-state index in [0.29, 0.717) is 11.5 Å². The zero-order chi connectivity index (χ0) is 12.9. The van der Waals surface area contributed by atoms with Gasteiger partial charge in [-0.05, 0) is 68.2 Å². The number of hydrogen-bond acceptors (Lipinski definition) is 2. The summed E-state index contributed by atoms with van der Waals surface area (Å²) in [6.07, 6.45) is 13.0. The smallest absolute Gasteiger partial charge is 0.0535 e. The van der Waals surface area contributed by atoms with Crippen molar-refractivity contribution in [1.82, 2.24) is 15.5 Å². The highest BCUT2D eigenvalue weighted by Crippen LogP contribution is 2.63. The van der Waals surface area contributed by atoms with E-state index in [1.54, 1.807) is 0 Å². The number of hydrogen-bond donors (Lipinski definition) is 2. The molecule has 1 aromatic heterocycles. The van der Waals surface area contributed by atoms with Crippen LogP contribution >= 0.6 is 0 Å². The van der Waals surface area contributed by atoms with Crippen LogP contribution in [0.1, 0.15) is 57.1 Å². The summed E-state index contributed by atoms with van der Waals surface area (Å²) in [6.45, 7) is 3.28. The van der Waals surface area contributed by atoms with Crippen molar-refractivity contribution in [2.45, 2.75) is 51.5 Å². The Kier molecular flexibility index (Phi) is 2.73. The van der Waals surface area contributed by atoms with Crippen LogP contribution in [0, 0.1) is 23.2 Å². The fourth-order valence-electron chi connectivity index (χ4n) is 5.84. The van der Waals surface area contributed by atoms with Gasteiger partial charge < -0.3 is 5.32 Å². The molecular weight excluding hydrogens is 234 g/mol. The summed E-state index contributed by atoms with van der Waals surface area (Å²) in [5.74, 6) is 3.04. The van der Waals surface area contributed by atoms with Crippen LogP contribution in [-0.2, 0) is 0 Å². The average molecular weight is 259 g/mol. The molecule has 1 unspecified atom stereocenters. The second-order valence-corrected chi connectivity index (χ2v) is 7.30. The molecule has 4 aliphatic carbocycles. The Labute approximate surface area is 115 Å². The summed E-state index contributed by atoms with van der Waals surface area (Å²) in [4.78, 5) is 0. The van der Waals surface area contributed by atoms with Gasteiger partial charge in [-0.3, -0.25) is 5.10 Å². The highest BCUT2D eigenvalue weighted by molar-refractivity contribution is 5.18. The topological polar surface area (TPSA) is 40.7 Å². The summed E-state index contributed by atoms with van der Waals surface area (Å²) in [6, 6.07) is 0.518.